The van der Waals surface area contributed by atoms with Crippen LogP contribution in [0.2, 0.25) is 0 Å². The van der Waals surface area contributed by atoms with Crippen LogP contribution in [0.4, 0.5) is 0 Å². The van der Waals surface area contributed by atoms with E-state index in [1.54, 1.807) is 39.0 Å². The zero-order chi connectivity index (χ0) is 36.4. The Bertz CT molecular complexity index is 1740. The van der Waals surface area contributed by atoms with Crippen LogP contribution in [0.3, 0.4) is 0 Å². The molecule has 0 fully saturated rings. The predicted molar refractivity (Wildman–Crippen MR) is 229 cm³/mol. The molecule has 1 aromatic rings. The smallest absolute Gasteiger partial charge is 0.0397 e. The maximum Gasteiger partial charge on any atom is 0.0397 e. The molecule has 280 valence electrons. The first-order valence-corrected chi connectivity index (χ1v) is 21.9. The molecule has 1 aromatic carbocycles. The van der Waals surface area contributed by atoms with Crippen LogP contribution in [-0.2, 0) is 0 Å². The molecule has 5 atom stereocenters. The maximum absolute atomic E-state index is 3.91. The van der Waals surface area contributed by atoms with E-state index in [9.17, 15) is 0 Å². The van der Waals surface area contributed by atoms with Crippen LogP contribution in [0.1, 0.15) is 135 Å². The Balaban J connectivity index is 1.14. The first kappa shape index (κ1) is 37.7. The molecule has 0 heterocycles. The molecule has 6 aliphatic carbocycles. The minimum Gasteiger partial charge on any atom is -0.384 e. The van der Waals surface area contributed by atoms with Crippen LogP contribution in [-0.4, -0.2) is 6.54 Å². The van der Waals surface area contributed by atoms with Gasteiger partial charge in [-0.1, -0.05) is 138 Å². The second-order valence-corrected chi connectivity index (χ2v) is 16.9. The zero-order valence-corrected chi connectivity index (χ0v) is 33.4. The van der Waals surface area contributed by atoms with E-state index in [0.29, 0.717) is 17.8 Å². The van der Waals surface area contributed by atoms with E-state index in [1.807, 2.05) is 0 Å². The van der Waals surface area contributed by atoms with Gasteiger partial charge in [-0.2, -0.15) is 0 Å². The average Bonchev–Trinajstić information content (AvgIpc) is 3.22. The molecule has 6 aliphatic rings. The van der Waals surface area contributed by atoms with Crippen LogP contribution in [0.25, 0.3) is 5.57 Å². The number of hydrogen-bond donors (Lipinski definition) is 1. The Hall–Kier alpha value is -3.58. The third kappa shape index (κ3) is 9.04. The number of benzene rings is 1. The Labute approximate surface area is 323 Å². The Morgan fingerprint density at radius 1 is 0.811 bits per heavy atom. The van der Waals surface area contributed by atoms with Gasteiger partial charge in [0.05, 0.1) is 0 Å². The summed E-state index contributed by atoms with van der Waals surface area (Å²) in [5, 5.41) is 3.91. The van der Waals surface area contributed by atoms with Crippen molar-refractivity contribution in [1.82, 2.24) is 5.32 Å². The third-order valence-corrected chi connectivity index (χ3v) is 13.5. The Morgan fingerprint density at radius 2 is 1.64 bits per heavy atom. The average molecular weight is 706 g/mol. The van der Waals surface area contributed by atoms with Crippen molar-refractivity contribution >= 4 is 5.57 Å². The van der Waals surface area contributed by atoms with Gasteiger partial charge in [0.2, 0.25) is 0 Å². The topological polar surface area (TPSA) is 12.0 Å². The molecule has 0 aromatic heterocycles. The first-order chi connectivity index (χ1) is 26.1. The molecule has 1 N–H and O–H groups in total. The summed E-state index contributed by atoms with van der Waals surface area (Å²) in [7, 11) is 0. The van der Waals surface area contributed by atoms with Crippen molar-refractivity contribution < 1.29 is 0 Å². The van der Waals surface area contributed by atoms with Gasteiger partial charge < -0.3 is 5.32 Å². The van der Waals surface area contributed by atoms with Crippen LogP contribution in [0, 0.1) is 29.6 Å². The standard InChI is InChI=1S/C52H67N/c1-4-6-19-39(18-5-2)41-22-17-23-42(36-41)43(37-53-44-24-11-8-12-25-44)31-30-38(3)45-32-34-51(49-28-15-13-26-47(45)49)52-35-33-46(40-20-9-7-10-21-40)48-27-14-16-29-50(48)52/h7-11,14-15,20-21,24,27-28,31-32,34,36,38-39,41,45,47,53H,4-6,12-13,16-19,22-23,25-26,29-30,33,35,37H2,1-3H3/b43-31+. The second-order valence-electron chi connectivity index (χ2n) is 16.9. The van der Waals surface area contributed by atoms with E-state index in [1.165, 1.54) is 87.5 Å². The second kappa shape index (κ2) is 18.6. The van der Waals surface area contributed by atoms with Crippen molar-refractivity contribution in [2.75, 3.05) is 6.54 Å². The van der Waals surface area contributed by atoms with Crippen LogP contribution in [0.15, 0.2) is 142 Å². The summed E-state index contributed by atoms with van der Waals surface area (Å²) in [5.74, 6) is 3.40. The fourth-order valence-corrected chi connectivity index (χ4v) is 10.5. The minimum absolute atomic E-state index is 0.585. The predicted octanol–water partition coefficient (Wildman–Crippen LogP) is 14.4. The third-order valence-electron chi connectivity index (χ3n) is 13.5. The van der Waals surface area contributed by atoms with E-state index in [4.69, 9.17) is 0 Å². The highest BCUT2D eigenvalue weighted by Gasteiger charge is 2.34. The maximum atomic E-state index is 3.91. The molecule has 0 amide bonds. The highest BCUT2D eigenvalue weighted by Crippen LogP contribution is 2.49. The van der Waals surface area contributed by atoms with E-state index in [2.05, 4.69) is 123 Å². The minimum atomic E-state index is 0.585. The van der Waals surface area contributed by atoms with Crippen molar-refractivity contribution in [2.45, 2.75) is 130 Å². The van der Waals surface area contributed by atoms with Gasteiger partial charge in [0.1, 0.15) is 0 Å². The summed E-state index contributed by atoms with van der Waals surface area (Å²) >= 11 is 0. The van der Waals surface area contributed by atoms with Crippen molar-refractivity contribution in [3.63, 3.8) is 0 Å². The van der Waals surface area contributed by atoms with Gasteiger partial charge in [0.25, 0.3) is 0 Å². The van der Waals surface area contributed by atoms with Crippen molar-refractivity contribution in [3.8, 4) is 0 Å². The number of unbranched alkanes of at least 4 members (excludes halogenated alkanes) is 1. The summed E-state index contributed by atoms with van der Waals surface area (Å²) in [6.45, 7) is 8.26. The zero-order valence-electron chi connectivity index (χ0n) is 33.4. The van der Waals surface area contributed by atoms with E-state index < -0.39 is 0 Å². The lowest BCUT2D eigenvalue weighted by atomic mass is 9.66. The number of nitrogens with one attached hydrogen (secondary N) is 1. The molecular formula is C52H67N. The molecule has 0 aliphatic heterocycles. The molecule has 53 heavy (non-hydrogen) atoms. The highest BCUT2D eigenvalue weighted by atomic mass is 14.9. The number of hydrogen-bond acceptors (Lipinski definition) is 1. The van der Waals surface area contributed by atoms with E-state index in [-0.39, 0.29) is 0 Å². The molecule has 0 radical (unpaired) electrons. The molecule has 7 rings (SSSR count). The lowest BCUT2D eigenvalue weighted by Gasteiger charge is -2.38. The SMILES string of the molecule is CCCCC(CCC)C1C=C(/C(=C/CC(C)C2C=CC(C3=C4CCC=CC4=C(c4ccccc4)CC3)=C3C=CCCC32)CNC2=CC=CCC2)CCC1. The molecule has 1 nitrogen and oxygen atoms in total. The van der Waals surface area contributed by atoms with Crippen LogP contribution >= 0.6 is 0 Å². The summed E-state index contributed by atoms with van der Waals surface area (Å²) in [5.41, 5.74) is 15.5. The largest absolute Gasteiger partial charge is 0.384 e. The number of fused-ring (bicyclic) bond motifs is 2. The molecule has 0 saturated heterocycles. The quantitative estimate of drug-likeness (QED) is 0.192. The normalized spacial score (nSPS) is 25.6. The molecule has 5 unspecified atom stereocenters. The van der Waals surface area contributed by atoms with E-state index in [0.717, 1.165) is 56.9 Å². The Kier molecular flexibility index (Phi) is 13.3. The van der Waals surface area contributed by atoms with Crippen molar-refractivity contribution in [1.29, 1.82) is 0 Å². The Morgan fingerprint density at radius 3 is 2.47 bits per heavy atom. The van der Waals surface area contributed by atoms with Gasteiger partial charge in [-0.15, -0.1) is 0 Å². The van der Waals surface area contributed by atoms with E-state index >= 15 is 0 Å². The fraction of sp³-hybridized carbons (Fsp3) is 0.500. The van der Waals surface area contributed by atoms with Gasteiger partial charge in [-0.3, -0.25) is 0 Å². The molecule has 1 heteroatoms. The van der Waals surface area contributed by atoms with Crippen molar-refractivity contribution in [2.24, 2.45) is 29.6 Å². The molecule has 0 spiro atoms. The summed E-state index contributed by atoms with van der Waals surface area (Å²) in [6.07, 6.45) is 48.6. The highest BCUT2D eigenvalue weighted by molar-refractivity contribution is 5.79. The summed E-state index contributed by atoms with van der Waals surface area (Å²) in [4.78, 5) is 0. The van der Waals surface area contributed by atoms with Crippen molar-refractivity contribution in [3.05, 3.63) is 147 Å². The van der Waals surface area contributed by atoms with Crippen LogP contribution < -0.4 is 5.32 Å². The first-order valence-electron chi connectivity index (χ1n) is 21.9. The summed E-state index contributed by atoms with van der Waals surface area (Å²) < 4.78 is 0. The molecular weight excluding hydrogens is 639 g/mol. The van der Waals surface area contributed by atoms with Gasteiger partial charge in [0.15, 0.2) is 0 Å². The van der Waals surface area contributed by atoms with Gasteiger partial charge >= 0.3 is 0 Å². The lowest BCUT2D eigenvalue weighted by molar-refractivity contribution is 0.304. The lowest BCUT2D eigenvalue weighted by Crippen LogP contribution is -2.27. The number of allylic oxidation sites excluding steroid dienone is 18. The summed E-state index contributed by atoms with van der Waals surface area (Å²) in [6, 6.07) is 11.2. The van der Waals surface area contributed by atoms with Crippen LogP contribution in [0.5, 0.6) is 0 Å². The van der Waals surface area contributed by atoms with Gasteiger partial charge in [-0.05, 0) is 169 Å². The van der Waals surface area contributed by atoms with Gasteiger partial charge in [0, 0.05) is 12.2 Å². The molecule has 0 bridgehead atoms. The monoisotopic (exact) mass is 706 g/mol. The van der Waals surface area contributed by atoms with Gasteiger partial charge in [-0.25, -0.2) is 0 Å². The number of rotatable bonds is 15. The fourth-order valence-electron chi connectivity index (χ4n) is 10.5. The molecule has 0 saturated carbocycles.